The second-order valence-corrected chi connectivity index (χ2v) is 15.5. The third-order valence-electron chi connectivity index (χ3n) is 12.3. The molecule has 8 rings (SSSR count). The number of fused-ring (bicyclic) bond motifs is 2. The Labute approximate surface area is 315 Å². The highest BCUT2D eigenvalue weighted by Gasteiger charge is 2.45. The van der Waals surface area contributed by atoms with E-state index in [1.807, 2.05) is 55.5 Å². The number of piperidine rings is 2. The third kappa shape index (κ3) is 6.62. The summed E-state index contributed by atoms with van der Waals surface area (Å²) in [5.74, 6) is -1.96. The molecule has 0 unspecified atom stereocenters. The van der Waals surface area contributed by atoms with E-state index in [1.165, 1.54) is 0 Å². The molecule has 12 nitrogen and oxygen atoms in total. The smallest absolute Gasteiger partial charge is 0.262 e. The second-order valence-electron chi connectivity index (χ2n) is 15.5. The average molecular weight is 728 g/mol. The first-order chi connectivity index (χ1) is 26.1. The molecule has 0 spiro atoms. The van der Waals surface area contributed by atoms with E-state index in [-0.39, 0.29) is 30.7 Å². The highest BCUT2D eigenvalue weighted by molar-refractivity contribution is 6.23. The fraction of sp³-hybridized carbons (Fsp3) is 0.429. The van der Waals surface area contributed by atoms with E-state index in [2.05, 4.69) is 44.5 Å². The summed E-state index contributed by atoms with van der Waals surface area (Å²) in [6, 6.07) is 19.7. The van der Waals surface area contributed by atoms with Gasteiger partial charge in [0.2, 0.25) is 11.8 Å². The Bertz CT molecular complexity index is 2030. The van der Waals surface area contributed by atoms with Crippen LogP contribution in [0.5, 0.6) is 0 Å². The number of benzene rings is 3. The van der Waals surface area contributed by atoms with Crippen molar-refractivity contribution in [2.24, 2.45) is 0 Å². The van der Waals surface area contributed by atoms with Gasteiger partial charge >= 0.3 is 0 Å². The van der Waals surface area contributed by atoms with Crippen LogP contribution >= 0.6 is 0 Å². The minimum absolute atomic E-state index is 0.0357. The summed E-state index contributed by atoms with van der Waals surface area (Å²) in [6.07, 6.45) is 6.02. The summed E-state index contributed by atoms with van der Waals surface area (Å²) in [7, 11) is 2.11. The van der Waals surface area contributed by atoms with Crippen molar-refractivity contribution < 1.29 is 24.0 Å². The highest BCUT2D eigenvalue weighted by atomic mass is 16.2. The molecule has 5 amide bonds. The lowest BCUT2D eigenvalue weighted by atomic mass is 9.89. The second kappa shape index (κ2) is 14.4. The molecule has 3 aromatic carbocycles. The maximum atomic E-state index is 13.3. The fourth-order valence-corrected chi connectivity index (χ4v) is 9.05. The minimum Gasteiger partial charge on any atom is -0.372 e. The lowest BCUT2D eigenvalue weighted by Crippen LogP contribution is -2.54. The number of nitriles is 1. The van der Waals surface area contributed by atoms with Crippen LogP contribution in [0.2, 0.25) is 0 Å². The van der Waals surface area contributed by atoms with Gasteiger partial charge in [-0.15, -0.1) is 0 Å². The number of amides is 5. The Balaban J connectivity index is 0.806. The van der Waals surface area contributed by atoms with Crippen LogP contribution in [-0.4, -0.2) is 83.6 Å². The molecule has 278 valence electrons. The Kier molecular flexibility index (Phi) is 9.44. The van der Waals surface area contributed by atoms with Crippen molar-refractivity contribution in [1.29, 1.82) is 5.26 Å². The van der Waals surface area contributed by atoms with Crippen molar-refractivity contribution in [2.75, 3.05) is 29.9 Å². The van der Waals surface area contributed by atoms with Crippen LogP contribution in [0.4, 0.5) is 11.4 Å². The van der Waals surface area contributed by atoms with Crippen molar-refractivity contribution >= 4 is 40.9 Å². The molecule has 2 N–H and O–H groups in total. The van der Waals surface area contributed by atoms with Gasteiger partial charge in [-0.05, 0) is 123 Å². The summed E-state index contributed by atoms with van der Waals surface area (Å²) < 4.78 is 0. The molecule has 3 fully saturated rings. The van der Waals surface area contributed by atoms with Gasteiger partial charge in [-0.25, -0.2) is 0 Å². The molecule has 5 aliphatic rings. The topological polar surface area (TPSA) is 146 Å². The number of imide groups is 2. The summed E-state index contributed by atoms with van der Waals surface area (Å²) in [5.41, 5.74) is 7.33. The van der Waals surface area contributed by atoms with Crippen molar-refractivity contribution in [1.82, 2.24) is 20.4 Å². The van der Waals surface area contributed by atoms with Crippen LogP contribution in [0.3, 0.4) is 0 Å². The first-order valence-electron chi connectivity index (χ1n) is 19.1. The van der Waals surface area contributed by atoms with Crippen molar-refractivity contribution in [3.8, 4) is 6.07 Å². The number of rotatable bonds is 7. The first kappa shape index (κ1) is 35.5. The molecular weight excluding hydrogens is 683 g/mol. The number of carbonyl (C=O) groups is 5. The first-order valence-corrected chi connectivity index (χ1v) is 19.1. The van der Waals surface area contributed by atoms with E-state index in [1.54, 1.807) is 0 Å². The summed E-state index contributed by atoms with van der Waals surface area (Å²) >= 11 is 0. The number of nitrogens with one attached hydrogen (secondary N) is 2. The monoisotopic (exact) mass is 727 g/mol. The Morgan fingerprint density at radius 3 is 2.09 bits per heavy atom. The number of carbonyl (C=O) groups excluding carboxylic acids is 5. The van der Waals surface area contributed by atoms with Crippen molar-refractivity contribution in [2.45, 2.75) is 95.5 Å². The van der Waals surface area contributed by atoms with Crippen LogP contribution in [0.15, 0.2) is 54.6 Å². The lowest BCUT2D eigenvalue weighted by Gasteiger charge is -2.38. The Morgan fingerprint density at radius 2 is 1.50 bits per heavy atom. The number of nitrogens with zero attached hydrogens (tertiary/aromatic N) is 5. The molecule has 54 heavy (non-hydrogen) atoms. The zero-order valence-corrected chi connectivity index (χ0v) is 30.8. The molecular formula is C42H45N7O5. The fourth-order valence-electron chi connectivity index (χ4n) is 9.05. The maximum absolute atomic E-state index is 13.3. The molecule has 1 aliphatic carbocycles. The van der Waals surface area contributed by atoms with Gasteiger partial charge < -0.3 is 15.1 Å². The number of anilines is 2. The van der Waals surface area contributed by atoms with Crippen LogP contribution < -0.4 is 20.4 Å². The SMILES string of the molecule is Cc1cc(N(C)C2CCC(NC(=O)c3ccc(N4CCC(N5Cc6cc7c(cc6C5)C(=O)N([C@H]5CCC(=O)NC5=O)C7=O)CC4)cc3)CC2)ccc1C#N. The maximum Gasteiger partial charge on any atom is 0.262 e. The molecule has 4 aliphatic heterocycles. The van der Waals surface area contributed by atoms with E-state index >= 15 is 0 Å². The number of aryl methyl sites for hydroxylation is 1. The van der Waals surface area contributed by atoms with E-state index < -0.39 is 23.8 Å². The van der Waals surface area contributed by atoms with Gasteiger partial charge in [0.05, 0.1) is 22.8 Å². The quantitative estimate of drug-likeness (QED) is 0.338. The van der Waals surface area contributed by atoms with E-state index in [4.69, 9.17) is 0 Å². The van der Waals surface area contributed by atoms with Gasteiger partial charge in [0.15, 0.2) is 0 Å². The molecule has 3 aromatic rings. The van der Waals surface area contributed by atoms with E-state index in [0.29, 0.717) is 47.4 Å². The largest absolute Gasteiger partial charge is 0.372 e. The molecule has 0 bridgehead atoms. The zero-order valence-electron chi connectivity index (χ0n) is 30.8. The average Bonchev–Trinajstić information content (AvgIpc) is 3.71. The standard InChI is InChI=1S/C42H45N7O5/c1-25-19-34(10-5-27(25)22-43)46(2)31-11-6-30(7-12-31)44-39(51)26-3-8-32(9-4-26)47-17-15-33(16-18-47)48-23-28-20-35-36(21-29(28)24-48)42(54)49(41(35)53)37-13-14-38(50)45-40(37)52/h3-5,8-10,19-21,30-31,33,37H,6-7,11-18,23-24H2,1-2H3,(H,44,51)(H,45,50,52)/t30?,31?,37-/m0/s1. The number of hydrogen-bond acceptors (Lipinski definition) is 9. The molecule has 0 aromatic heterocycles. The van der Waals surface area contributed by atoms with Crippen LogP contribution in [0.25, 0.3) is 0 Å². The summed E-state index contributed by atoms with van der Waals surface area (Å²) in [4.78, 5) is 72.0. The lowest BCUT2D eigenvalue weighted by molar-refractivity contribution is -0.136. The predicted octanol–water partition coefficient (Wildman–Crippen LogP) is 4.43. The van der Waals surface area contributed by atoms with E-state index in [0.717, 1.165) is 84.6 Å². The van der Waals surface area contributed by atoms with Gasteiger partial charge in [0, 0.05) is 74.7 Å². The predicted molar refractivity (Wildman–Crippen MR) is 202 cm³/mol. The van der Waals surface area contributed by atoms with Gasteiger partial charge in [-0.2, -0.15) is 5.26 Å². The highest BCUT2D eigenvalue weighted by Crippen LogP contribution is 2.36. The van der Waals surface area contributed by atoms with Crippen molar-refractivity contribution in [3.63, 3.8) is 0 Å². The number of hydrogen-bond donors (Lipinski definition) is 2. The van der Waals surface area contributed by atoms with Gasteiger partial charge in [0.25, 0.3) is 17.7 Å². The molecule has 0 radical (unpaired) electrons. The molecule has 1 atom stereocenters. The summed E-state index contributed by atoms with van der Waals surface area (Å²) in [5, 5.41) is 14.8. The van der Waals surface area contributed by atoms with Crippen LogP contribution in [0.1, 0.15) is 105 Å². The Morgan fingerprint density at radius 1 is 0.852 bits per heavy atom. The van der Waals surface area contributed by atoms with Crippen LogP contribution in [0, 0.1) is 18.3 Å². The molecule has 1 saturated carbocycles. The minimum atomic E-state index is -0.962. The molecule has 12 heteroatoms. The normalized spacial score (nSPS) is 23.2. The Hall–Kier alpha value is -5.54. The van der Waals surface area contributed by atoms with Crippen LogP contribution in [-0.2, 0) is 22.7 Å². The van der Waals surface area contributed by atoms with E-state index in [9.17, 15) is 29.2 Å². The summed E-state index contributed by atoms with van der Waals surface area (Å²) in [6.45, 7) is 5.14. The molecule has 2 saturated heterocycles. The zero-order chi connectivity index (χ0) is 37.7. The van der Waals surface area contributed by atoms with Crippen molar-refractivity contribution in [3.05, 3.63) is 93.5 Å². The third-order valence-corrected chi connectivity index (χ3v) is 12.3. The van der Waals surface area contributed by atoms with Gasteiger partial charge in [-0.3, -0.25) is 39.1 Å². The van der Waals surface area contributed by atoms with Gasteiger partial charge in [-0.1, -0.05) is 0 Å². The molecule has 4 heterocycles. The van der Waals surface area contributed by atoms with Gasteiger partial charge in [0.1, 0.15) is 6.04 Å².